The molecule has 0 bridgehead atoms. The van der Waals surface area contributed by atoms with Crippen LogP contribution in [0.3, 0.4) is 0 Å². The van der Waals surface area contributed by atoms with E-state index in [0.717, 1.165) is 24.3 Å². The number of hydrogen-bond acceptors (Lipinski definition) is 10. The Morgan fingerprint density at radius 1 is 1.20 bits per heavy atom. The summed E-state index contributed by atoms with van der Waals surface area (Å²) in [4.78, 5) is 29.3. The number of carbonyl (C=O) groups excluding carboxylic acids is 1. The molecule has 0 aliphatic carbocycles. The van der Waals surface area contributed by atoms with E-state index in [2.05, 4.69) is 25.2 Å². The highest BCUT2D eigenvalue weighted by Gasteiger charge is 2.35. The van der Waals surface area contributed by atoms with Crippen molar-refractivity contribution in [2.24, 2.45) is 5.92 Å². The lowest BCUT2D eigenvalue weighted by atomic mass is 10.0. The smallest absolute Gasteiger partial charge is 0.318 e. The standard InChI is InChI=1S/C23H21ClF2N6O3S.C7H12FN/c1-28-21(33)10-8-32(5-6-35-9-10)20-12-7-13(24)15(16(26)17(12)30-23(31-20)34-2)11-3-4-14(25)19-18(11)29-22(27)36-19;8-6-4-7-2-1-3-9(7)5-6/h3-4,7,10H,5-6,8-9H2,1-2H3,(H2,27,29)(H,28,33);6-7H,1-5H2. The molecule has 15 heteroatoms. The number of rotatable bonds is 4. The number of amides is 1. The fourth-order valence-corrected chi connectivity index (χ4v) is 7.38. The van der Waals surface area contributed by atoms with Gasteiger partial charge in [0.15, 0.2) is 10.9 Å². The van der Waals surface area contributed by atoms with Gasteiger partial charge in [0, 0.05) is 49.2 Å². The summed E-state index contributed by atoms with van der Waals surface area (Å²) >= 11 is 7.59. The summed E-state index contributed by atoms with van der Waals surface area (Å²) in [5, 5.41) is 3.17. The van der Waals surface area contributed by atoms with Gasteiger partial charge in [-0.05, 0) is 44.0 Å². The lowest BCUT2D eigenvalue weighted by Gasteiger charge is -2.25. The number of benzene rings is 2. The number of carbonyl (C=O) groups is 1. The fourth-order valence-electron chi connectivity index (χ4n) is 6.33. The van der Waals surface area contributed by atoms with E-state index in [1.165, 1.54) is 32.1 Å². The summed E-state index contributed by atoms with van der Waals surface area (Å²) in [6, 6.07) is 4.73. The van der Waals surface area contributed by atoms with Crippen LogP contribution in [0.4, 0.5) is 24.1 Å². The second-order valence-electron chi connectivity index (χ2n) is 11.3. The van der Waals surface area contributed by atoms with Crippen molar-refractivity contribution in [3.63, 3.8) is 0 Å². The van der Waals surface area contributed by atoms with Crippen LogP contribution in [0.1, 0.15) is 19.3 Å². The largest absolute Gasteiger partial charge is 0.467 e. The monoisotopic (exact) mass is 663 g/mol. The summed E-state index contributed by atoms with van der Waals surface area (Å²) in [6.45, 7) is 3.13. The second-order valence-corrected chi connectivity index (χ2v) is 12.7. The molecule has 3 aliphatic heterocycles. The summed E-state index contributed by atoms with van der Waals surface area (Å²) in [5.74, 6) is -1.54. The predicted octanol–water partition coefficient (Wildman–Crippen LogP) is 4.82. The van der Waals surface area contributed by atoms with Gasteiger partial charge in [0.1, 0.15) is 23.3 Å². The van der Waals surface area contributed by atoms with Crippen LogP contribution in [0.25, 0.3) is 32.2 Å². The third kappa shape index (κ3) is 6.20. The van der Waals surface area contributed by atoms with E-state index in [-0.39, 0.29) is 62.1 Å². The number of ether oxygens (including phenoxy) is 2. The van der Waals surface area contributed by atoms with Crippen LogP contribution < -0.4 is 20.7 Å². The highest BCUT2D eigenvalue weighted by molar-refractivity contribution is 7.22. The van der Waals surface area contributed by atoms with Crippen LogP contribution in [-0.2, 0) is 9.53 Å². The molecule has 1 amide bonds. The Bertz CT molecular complexity index is 1730. The zero-order valence-corrected chi connectivity index (χ0v) is 26.4. The third-order valence-electron chi connectivity index (χ3n) is 8.45. The highest BCUT2D eigenvalue weighted by Crippen LogP contribution is 2.42. The highest BCUT2D eigenvalue weighted by atomic mass is 35.5. The number of nitrogens with one attached hydrogen (secondary N) is 1. The maximum Gasteiger partial charge on any atom is 0.318 e. The Hall–Kier alpha value is -3.46. The van der Waals surface area contributed by atoms with Crippen molar-refractivity contribution in [1.82, 2.24) is 25.2 Å². The summed E-state index contributed by atoms with van der Waals surface area (Å²) in [5.41, 5.74) is 6.25. The SMILES string of the molecule is CNC(=O)C1COCCN(c2nc(OC)nc3c(F)c(-c4ccc(F)c5sc(N)nc45)c(Cl)cc23)C1.FC1CC2CCCN2C1. The zero-order valence-electron chi connectivity index (χ0n) is 24.8. The average Bonchev–Trinajstić information content (AvgIpc) is 3.67. The van der Waals surface area contributed by atoms with Crippen LogP contribution in [0.15, 0.2) is 18.2 Å². The topological polar surface area (TPSA) is 119 Å². The van der Waals surface area contributed by atoms with Crippen LogP contribution in [-0.4, -0.2) is 91.5 Å². The molecule has 3 fully saturated rings. The maximum atomic E-state index is 16.2. The van der Waals surface area contributed by atoms with Crippen molar-refractivity contribution in [3.05, 3.63) is 34.9 Å². The average molecular weight is 664 g/mol. The first kappa shape index (κ1) is 31.5. The predicted molar refractivity (Wildman–Crippen MR) is 169 cm³/mol. The lowest BCUT2D eigenvalue weighted by Crippen LogP contribution is -2.38. The molecule has 0 saturated carbocycles. The molecule has 3 atom stereocenters. The van der Waals surface area contributed by atoms with Gasteiger partial charge < -0.3 is 25.4 Å². The van der Waals surface area contributed by atoms with E-state index in [1.54, 1.807) is 13.1 Å². The van der Waals surface area contributed by atoms with Gasteiger partial charge in [-0.3, -0.25) is 9.69 Å². The molecule has 3 aliphatic rings. The van der Waals surface area contributed by atoms with E-state index in [4.69, 9.17) is 26.8 Å². The first-order valence-electron chi connectivity index (χ1n) is 14.7. The Morgan fingerprint density at radius 2 is 2.02 bits per heavy atom. The Morgan fingerprint density at radius 3 is 2.78 bits per heavy atom. The molecule has 45 heavy (non-hydrogen) atoms. The van der Waals surface area contributed by atoms with Gasteiger partial charge in [0.05, 0.1) is 41.5 Å². The molecular weight excluding hydrogens is 631 g/mol. The molecule has 0 radical (unpaired) electrons. The van der Waals surface area contributed by atoms with Crippen LogP contribution >= 0.6 is 22.9 Å². The third-order valence-corrected chi connectivity index (χ3v) is 9.64. The number of thiazole rings is 1. The van der Waals surface area contributed by atoms with Gasteiger partial charge >= 0.3 is 6.01 Å². The molecule has 3 unspecified atom stereocenters. The summed E-state index contributed by atoms with van der Waals surface area (Å²) in [6.07, 6.45) is 2.81. The number of anilines is 2. The second kappa shape index (κ2) is 13.1. The van der Waals surface area contributed by atoms with Gasteiger partial charge in [-0.25, -0.2) is 18.2 Å². The first-order valence-corrected chi connectivity index (χ1v) is 15.9. The molecule has 10 nitrogen and oxygen atoms in total. The number of nitrogens with two attached hydrogens (primary N) is 1. The molecule has 5 heterocycles. The van der Waals surface area contributed by atoms with Gasteiger partial charge in [0.25, 0.3) is 0 Å². The van der Waals surface area contributed by atoms with Gasteiger partial charge in [-0.2, -0.15) is 9.97 Å². The van der Waals surface area contributed by atoms with Crippen molar-refractivity contribution in [2.75, 3.05) is 64.2 Å². The Balaban J connectivity index is 0.000000337. The van der Waals surface area contributed by atoms with Crippen LogP contribution in [0.2, 0.25) is 5.02 Å². The number of methoxy groups -OCH3 is 1. The number of hydrogen-bond donors (Lipinski definition) is 2. The minimum Gasteiger partial charge on any atom is -0.467 e. The fraction of sp³-hybridized carbons (Fsp3) is 0.467. The van der Waals surface area contributed by atoms with Crippen LogP contribution in [0.5, 0.6) is 6.01 Å². The number of aromatic nitrogens is 3. The van der Waals surface area contributed by atoms with Crippen molar-refractivity contribution in [3.8, 4) is 17.1 Å². The molecule has 3 N–H and O–H groups in total. The normalized spacial score (nSPS) is 21.8. The molecule has 7 rings (SSSR count). The van der Waals surface area contributed by atoms with Crippen molar-refractivity contribution >= 4 is 60.9 Å². The lowest BCUT2D eigenvalue weighted by molar-refractivity contribution is -0.125. The van der Waals surface area contributed by atoms with Gasteiger partial charge in [-0.15, -0.1) is 0 Å². The van der Waals surface area contributed by atoms with Crippen molar-refractivity contribution in [1.29, 1.82) is 0 Å². The molecular formula is C30H33ClF3N7O3S. The number of nitrogens with zero attached hydrogens (tertiary/aromatic N) is 5. The van der Waals surface area contributed by atoms with Gasteiger partial charge in [-0.1, -0.05) is 22.9 Å². The van der Waals surface area contributed by atoms with Crippen molar-refractivity contribution < 1.29 is 27.4 Å². The summed E-state index contributed by atoms with van der Waals surface area (Å²) < 4.78 is 54.2. The molecule has 2 aromatic heterocycles. The van der Waals surface area contributed by atoms with E-state index in [9.17, 15) is 13.6 Å². The Kier molecular flexibility index (Phi) is 9.18. The maximum absolute atomic E-state index is 16.2. The molecule has 3 saturated heterocycles. The minimum atomic E-state index is -0.743. The first-order chi connectivity index (χ1) is 21.7. The zero-order chi connectivity index (χ0) is 31.8. The molecule has 240 valence electrons. The molecule has 2 aromatic carbocycles. The number of alkyl halides is 1. The van der Waals surface area contributed by atoms with E-state index in [0.29, 0.717) is 36.9 Å². The van der Waals surface area contributed by atoms with E-state index in [1.807, 2.05) is 4.90 Å². The Labute approximate surface area is 266 Å². The van der Waals surface area contributed by atoms with Crippen molar-refractivity contribution in [2.45, 2.75) is 31.5 Å². The van der Waals surface area contributed by atoms with Gasteiger partial charge in [0.2, 0.25) is 5.91 Å². The number of nitrogen functional groups attached to an aromatic ring is 1. The van der Waals surface area contributed by atoms with E-state index < -0.39 is 23.7 Å². The molecule has 4 aromatic rings. The minimum absolute atomic E-state index is 0.00797. The quantitative estimate of drug-likeness (QED) is 0.317. The number of halogens is 4. The summed E-state index contributed by atoms with van der Waals surface area (Å²) in [7, 11) is 2.93. The number of fused-ring (bicyclic) bond motifs is 3. The van der Waals surface area contributed by atoms with E-state index >= 15 is 4.39 Å². The molecule has 0 spiro atoms. The van der Waals surface area contributed by atoms with Crippen LogP contribution in [0, 0.1) is 17.6 Å².